The molecule has 6 nitrogen and oxygen atoms in total. The predicted molar refractivity (Wildman–Crippen MR) is 93.4 cm³/mol. The molecule has 0 radical (unpaired) electrons. The van der Waals surface area contributed by atoms with Gasteiger partial charge in [-0.1, -0.05) is 6.07 Å². The van der Waals surface area contributed by atoms with Crippen LogP contribution < -0.4 is 9.47 Å². The summed E-state index contributed by atoms with van der Waals surface area (Å²) >= 11 is 1.72. The molecule has 3 unspecified atom stereocenters. The lowest BCUT2D eigenvalue weighted by atomic mass is 10.1. The number of carbonyl (C=O) groups is 2. The fraction of sp³-hybridized carbons (Fsp3) is 0.556. The Morgan fingerprint density at radius 3 is 2.84 bits per heavy atom. The number of fused-ring (bicyclic) bond motifs is 1. The number of aliphatic carboxylic acids is 1. The Morgan fingerprint density at radius 1 is 1.24 bits per heavy atom. The molecule has 0 spiro atoms. The summed E-state index contributed by atoms with van der Waals surface area (Å²) in [6, 6.07) is 5.71. The molecule has 2 heterocycles. The minimum Gasteiger partial charge on any atom is -0.486 e. The number of nitrogens with zero attached hydrogens (tertiary/aromatic N) is 1. The molecule has 3 aliphatic rings. The SMILES string of the molecule is O=C(O)CC1CSCCN1C(=O)C1CC1c1ccc2c(c1)OCCO2. The van der Waals surface area contributed by atoms with Crippen LogP contribution in [0.4, 0.5) is 0 Å². The van der Waals surface area contributed by atoms with Crippen molar-refractivity contribution in [3.05, 3.63) is 23.8 Å². The average molecular weight is 363 g/mol. The van der Waals surface area contributed by atoms with E-state index in [9.17, 15) is 9.59 Å². The highest BCUT2D eigenvalue weighted by Gasteiger charge is 2.47. The van der Waals surface area contributed by atoms with Gasteiger partial charge in [-0.2, -0.15) is 11.8 Å². The van der Waals surface area contributed by atoms with E-state index in [1.54, 1.807) is 16.7 Å². The Morgan fingerprint density at radius 2 is 2.04 bits per heavy atom. The molecule has 2 aliphatic heterocycles. The molecule has 1 aliphatic carbocycles. The third-order valence-electron chi connectivity index (χ3n) is 5.02. The lowest BCUT2D eigenvalue weighted by Gasteiger charge is -2.35. The predicted octanol–water partition coefficient (Wildman–Crippen LogP) is 1.98. The second kappa shape index (κ2) is 6.78. The number of hydrogen-bond donors (Lipinski definition) is 1. The maximum atomic E-state index is 12.9. The van der Waals surface area contributed by atoms with Gasteiger partial charge in [-0.15, -0.1) is 0 Å². The van der Waals surface area contributed by atoms with Crippen LogP contribution in [0.15, 0.2) is 18.2 Å². The average Bonchev–Trinajstić information content (AvgIpc) is 3.41. The molecule has 1 saturated carbocycles. The molecular weight excluding hydrogens is 342 g/mol. The van der Waals surface area contributed by atoms with Crippen molar-refractivity contribution in [2.24, 2.45) is 5.92 Å². The third-order valence-corrected chi connectivity index (χ3v) is 6.11. The van der Waals surface area contributed by atoms with E-state index in [-0.39, 0.29) is 30.2 Å². The van der Waals surface area contributed by atoms with Gasteiger partial charge in [0.25, 0.3) is 0 Å². The molecule has 1 amide bonds. The maximum Gasteiger partial charge on any atom is 0.305 e. The van der Waals surface area contributed by atoms with Crippen molar-refractivity contribution in [3.63, 3.8) is 0 Å². The first-order valence-electron chi connectivity index (χ1n) is 8.63. The normalized spacial score (nSPS) is 27.7. The summed E-state index contributed by atoms with van der Waals surface area (Å²) in [6.07, 6.45) is 0.849. The van der Waals surface area contributed by atoms with E-state index < -0.39 is 5.97 Å². The first kappa shape index (κ1) is 16.6. The van der Waals surface area contributed by atoms with Gasteiger partial charge in [0.2, 0.25) is 5.91 Å². The van der Waals surface area contributed by atoms with Gasteiger partial charge < -0.3 is 19.5 Å². The molecule has 1 N–H and O–H groups in total. The summed E-state index contributed by atoms with van der Waals surface area (Å²) in [5.74, 6) is 2.51. The lowest BCUT2D eigenvalue weighted by Crippen LogP contribution is -2.47. The summed E-state index contributed by atoms with van der Waals surface area (Å²) in [7, 11) is 0. The van der Waals surface area contributed by atoms with Gasteiger partial charge in [0.15, 0.2) is 11.5 Å². The largest absolute Gasteiger partial charge is 0.486 e. The quantitative estimate of drug-likeness (QED) is 0.882. The van der Waals surface area contributed by atoms with Gasteiger partial charge in [-0.05, 0) is 30.0 Å². The van der Waals surface area contributed by atoms with Gasteiger partial charge >= 0.3 is 5.97 Å². The Hall–Kier alpha value is -1.89. The van der Waals surface area contributed by atoms with Crippen LogP contribution in [-0.2, 0) is 9.59 Å². The Labute approximate surface area is 150 Å². The van der Waals surface area contributed by atoms with Crippen molar-refractivity contribution in [3.8, 4) is 11.5 Å². The first-order valence-corrected chi connectivity index (χ1v) is 9.78. The highest BCUT2D eigenvalue weighted by Crippen LogP contribution is 2.50. The third kappa shape index (κ3) is 3.42. The maximum absolute atomic E-state index is 12.9. The number of rotatable bonds is 4. The Balaban J connectivity index is 1.45. The zero-order valence-corrected chi connectivity index (χ0v) is 14.7. The Kier molecular flexibility index (Phi) is 4.50. The molecule has 3 atom stereocenters. The second-order valence-electron chi connectivity index (χ2n) is 6.71. The van der Waals surface area contributed by atoms with E-state index in [4.69, 9.17) is 14.6 Å². The van der Waals surface area contributed by atoms with Crippen LogP contribution in [0, 0.1) is 5.92 Å². The van der Waals surface area contributed by atoms with E-state index in [0.29, 0.717) is 25.5 Å². The number of carboxylic acid groups (broad SMARTS) is 1. The summed E-state index contributed by atoms with van der Waals surface area (Å²) in [5, 5.41) is 9.09. The number of amides is 1. The minimum absolute atomic E-state index is 0.0279. The fourth-order valence-electron chi connectivity index (χ4n) is 3.66. The monoisotopic (exact) mass is 363 g/mol. The van der Waals surface area contributed by atoms with Crippen LogP contribution in [0.3, 0.4) is 0 Å². The minimum atomic E-state index is -0.843. The molecule has 25 heavy (non-hydrogen) atoms. The van der Waals surface area contributed by atoms with Crippen LogP contribution >= 0.6 is 11.8 Å². The zero-order valence-electron chi connectivity index (χ0n) is 13.8. The molecule has 0 aromatic heterocycles. The highest BCUT2D eigenvalue weighted by molar-refractivity contribution is 7.99. The molecule has 1 aromatic rings. The van der Waals surface area contributed by atoms with Crippen molar-refractivity contribution >= 4 is 23.6 Å². The highest BCUT2D eigenvalue weighted by atomic mass is 32.2. The van der Waals surface area contributed by atoms with E-state index in [1.807, 2.05) is 18.2 Å². The van der Waals surface area contributed by atoms with E-state index in [2.05, 4.69) is 0 Å². The summed E-state index contributed by atoms with van der Waals surface area (Å²) in [6.45, 7) is 1.76. The number of thioether (sulfide) groups is 1. The molecule has 2 fully saturated rings. The standard InChI is InChI=1S/C18H21NO5S/c20-17(21)8-12-10-25-6-3-19(12)18(22)14-9-13(14)11-1-2-15-16(7-11)24-5-4-23-15/h1-2,7,12-14H,3-6,8-10H2,(H,20,21). The number of carboxylic acids is 1. The molecule has 134 valence electrons. The van der Waals surface area contributed by atoms with Crippen molar-refractivity contribution in [1.29, 1.82) is 0 Å². The molecule has 7 heteroatoms. The lowest BCUT2D eigenvalue weighted by molar-refractivity contribution is -0.140. The van der Waals surface area contributed by atoms with Crippen LogP contribution in [0.1, 0.15) is 24.3 Å². The van der Waals surface area contributed by atoms with Crippen LogP contribution in [-0.4, -0.2) is 59.2 Å². The summed E-state index contributed by atoms with van der Waals surface area (Å²) in [5.41, 5.74) is 1.10. The van der Waals surface area contributed by atoms with Gasteiger partial charge in [0.05, 0.1) is 12.5 Å². The number of carbonyl (C=O) groups excluding carboxylic acids is 1. The van der Waals surface area contributed by atoms with Crippen molar-refractivity contribution in [2.45, 2.75) is 24.8 Å². The molecule has 1 aromatic carbocycles. The van der Waals surface area contributed by atoms with E-state index in [0.717, 1.165) is 29.2 Å². The van der Waals surface area contributed by atoms with Crippen molar-refractivity contribution in [1.82, 2.24) is 4.90 Å². The van der Waals surface area contributed by atoms with Crippen molar-refractivity contribution < 1.29 is 24.2 Å². The summed E-state index contributed by atoms with van der Waals surface area (Å²) in [4.78, 5) is 25.8. The Bertz CT molecular complexity index is 694. The van der Waals surface area contributed by atoms with Gasteiger partial charge in [0.1, 0.15) is 13.2 Å². The number of hydrogen-bond acceptors (Lipinski definition) is 5. The van der Waals surface area contributed by atoms with E-state index in [1.165, 1.54) is 0 Å². The molecule has 0 bridgehead atoms. The van der Waals surface area contributed by atoms with Gasteiger partial charge in [0, 0.05) is 24.0 Å². The van der Waals surface area contributed by atoms with Crippen LogP contribution in [0.2, 0.25) is 0 Å². The second-order valence-corrected chi connectivity index (χ2v) is 7.86. The number of benzene rings is 1. The van der Waals surface area contributed by atoms with Gasteiger partial charge in [-0.25, -0.2) is 0 Å². The smallest absolute Gasteiger partial charge is 0.305 e. The number of ether oxygens (including phenoxy) is 2. The first-order chi connectivity index (χ1) is 12.1. The zero-order chi connectivity index (χ0) is 17.4. The molecule has 4 rings (SSSR count). The fourth-order valence-corrected chi connectivity index (χ4v) is 4.72. The summed E-state index contributed by atoms with van der Waals surface area (Å²) < 4.78 is 11.2. The van der Waals surface area contributed by atoms with Crippen molar-refractivity contribution in [2.75, 3.05) is 31.3 Å². The van der Waals surface area contributed by atoms with Crippen LogP contribution in [0.5, 0.6) is 11.5 Å². The van der Waals surface area contributed by atoms with Crippen LogP contribution in [0.25, 0.3) is 0 Å². The van der Waals surface area contributed by atoms with E-state index >= 15 is 0 Å². The topological polar surface area (TPSA) is 76.1 Å². The molecule has 1 saturated heterocycles. The van der Waals surface area contributed by atoms with Gasteiger partial charge in [-0.3, -0.25) is 9.59 Å². The molecular formula is C18H21NO5S.